The molecule has 1 aliphatic heterocycles. The highest BCUT2D eigenvalue weighted by Crippen LogP contribution is 2.21. The molecular weight excluding hydrogens is 210 g/mol. The van der Waals surface area contributed by atoms with Gasteiger partial charge in [0.25, 0.3) is 0 Å². The van der Waals surface area contributed by atoms with Crippen molar-refractivity contribution < 1.29 is 0 Å². The molecule has 3 nitrogen and oxygen atoms in total. The number of aromatic nitrogens is 2. The first-order valence-electron chi connectivity index (χ1n) is 6.42. The number of hydrogen-bond donors (Lipinski definition) is 1. The fourth-order valence-electron chi connectivity index (χ4n) is 2.21. The van der Waals surface area contributed by atoms with E-state index in [1.807, 2.05) is 12.5 Å². The molecule has 0 fully saturated rings. The molecule has 17 heavy (non-hydrogen) atoms. The predicted molar refractivity (Wildman–Crippen MR) is 71.0 cm³/mol. The van der Waals surface area contributed by atoms with Crippen molar-refractivity contribution in [1.29, 1.82) is 0 Å². The lowest BCUT2D eigenvalue weighted by molar-refractivity contribution is 0.398. The van der Waals surface area contributed by atoms with E-state index in [9.17, 15) is 0 Å². The lowest BCUT2D eigenvalue weighted by atomic mass is 9.91. The molecule has 1 aromatic heterocycles. The minimum Gasteiger partial charge on any atom is -0.331 e. The van der Waals surface area contributed by atoms with Gasteiger partial charge in [0, 0.05) is 25.0 Å². The van der Waals surface area contributed by atoms with Gasteiger partial charge in [-0.15, -0.1) is 0 Å². The molecule has 1 aliphatic rings. The lowest BCUT2D eigenvalue weighted by Gasteiger charge is -2.20. The third-order valence-electron chi connectivity index (χ3n) is 3.04. The molecule has 1 N–H and O–H groups in total. The summed E-state index contributed by atoms with van der Waals surface area (Å²) in [7, 11) is 0. The Kier molecular flexibility index (Phi) is 3.67. The number of nitrogens with zero attached hydrogens (tertiary/aromatic N) is 2. The van der Waals surface area contributed by atoms with Crippen molar-refractivity contribution in [3.63, 3.8) is 0 Å². The lowest BCUT2D eigenvalue weighted by Crippen LogP contribution is -2.22. The maximum absolute atomic E-state index is 4.29. The minimum absolute atomic E-state index is 0.320. The first-order chi connectivity index (χ1) is 8.04. The fraction of sp³-hybridized carbons (Fsp3) is 0.643. The topological polar surface area (TPSA) is 29.9 Å². The third-order valence-corrected chi connectivity index (χ3v) is 3.04. The Morgan fingerprint density at radius 1 is 1.41 bits per heavy atom. The summed E-state index contributed by atoms with van der Waals surface area (Å²) in [5.41, 5.74) is 3.19. The van der Waals surface area contributed by atoms with Crippen molar-refractivity contribution >= 4 is 0 Å². The molecule has 0 saturated heterocycles. The summed E-state index contributed by atoms with van der Waals surface area (Å²) >= 11 is 0. The Bertz CT molecular complexity index is 396. The highest BCUT2D eigenvalue weighted by Gasteiger charge is 2.15. The maximum Gasteiger partial charge on any atom is 0.0951 e. The van der Waals surface area contributed by atoms with E-state index >= 15 is 0 Å². The average molecular weight is 233 g/mol. The Labute approximate surface area is 104 Å². The van der Waals surface area contributed by atoms with Gasteiger partial charge < -0.3 is 9.88 Å². The minimum atomic E-state index is 0.320. The van der Waals surface area contributed by atoms with Crippen LogP contribution in [0.25, 0.3) is 0 Å². The molecule has 0 radical (unpaired) electrons. The quantitative estimate of drug-likeness (QED) is 0.812. The highest BCUT2D eigenvalue weighted by atomic mass is 15.0. The SMILES string of the molecule is CC(C)(C)Cc1cncn1CC1=CCNCC1. The van der Waals surface area contributed by atoms with Gasteiger partial charge in [0.2, 0.25) is 0 Å². The summed E-state index contributed by atoms with van der Waals surface area (Å²) in [4.78, 5) is 4.29. The van der Waals surface area contributed by atoms with E-state index in [0.29, 0.717) is 5.41 Å². The number of nitrogens with one attached hydrogen (secondary N) is 1. The molecule has 0 unspecified atom stereocenters. The molecule has 2 rings (SSSR count). The van der Waals surface area contributed by atoms with Gasteiger partial charge in [-0.25, -0.2) is 4.98 Å². The molecule has 0 spiro atoms. The fourth-order valence-corrected chi connectivity index (χ4v) is 2.21. The zero-order valence-corrected chi connectivity index (χ0v) is 11.2. The van der Waals surface area contributed by atoms with Gasteiger partial charge in [-0.2, -0.15) is 0 Å². The van der Waals surface area contributed by atoms with Crippen LogP contribution in [0.4, 0.5) is 0 Å². The van der Waals surface area contributed by atoms with Crippen molar-refractivity contribution in [2.24, 2.45) is 5.41 Å². The second-order valence-corrected chi connectivity index (χ2v) is 6.07. The van der Waals surface area contributed by atoms with E-state index in [1.54, 1.807) is 0 Å². The zero-order valence-electron chi connectivity index (χ0n) is 11.2. The van der Waals surface area contributed by atoms with Crippen molar-refractivity contribution in [1.82, 2.24) is 14.9 Å². The smallest absolute Gasteiger partial charge is 0.0951 e. The molecule has 3 heteroatoms. The van der Waals surface area contributed by atoms with E-state index in [1.165, 1.54) is 11.3 Å². The summed E-state index contributed by atoms with van der Waals surface area (Å²) in [5, 5.41) is 3.35. The molecule has 0 atom stereocenters. The molecule has 0 aliphatic carbocycles. The molecule has 0 amide bonds. The van der Waals surface area contributed by atoms with Crippen LogP contribution in [-0.2, 0) is 13.0 Å². The van der Waals surface area contributed by atoms with Crippen LogP contribution >= 0.6 is 0 Å². The number of rotatable bonds is 3. The molecule has 2 heterocycles. The largest absolute Gasteiger partial charge is 0.331 e. The summed E-state index contributed by atoms with van der Waals surface area (Å²) in [5.74, 6) is 0. The van der Waals surface area contributed by atoms with Crippen LogP contribution < -0.4 is 5.32 Å². The van der Waals surface area contributed by atoms with E-state index < -0.39 is 0 Å². The van der Waals surface area contributed by atoms with Crippen LogP contribution in [-0.4, -0.2) is 22.6 Å². The normalized spacial score (nSPS) is 17.0. The van der Waals surface area contributed by atoms with Gasteiger partial charge in [0.05, 0.1) is 6.33 Å². The highest BCUT2D eigenvalue weighted by molar-refractivity contribution is 5.10. The number of imidazole rings is 1. The summed E-state index contributed by atoms with van der Waals surface area (Å²) in [6.45, 7) is 9.94. The maximum atomic E-state index is 4.29. The van der Waals surface area contributed by atoms with Crippen molar-refractivity contribution in [3.05, 3.63) is 29.9 Å². The predicted octanol–water partition coefficient (Wildman–Crippen LogP) is 2.39. The molecule has 1 aromatic rings. The Hall–Kier alpha value is -1.09. The molecular formula is C14H23N3. The van der Waals surface area contributed by atoms with E-state index in [2.05, 4.69) is 41.7 Å². The first kappa shape index (κ1) is 12.4. The Morgan fingerprint density at radius 3 is 2.88 bits per heavy atom. The molecule has 0 saturated carbocycles. The Balaban J connectivity index is 2.06. The van der Waals surface area contributed by atoms with Crippen LogP contribution in [0.1, 0.15) is 32.9 Å². The van der Waals surface area contributed by atoms with Gasteiger partial charge in [-0.1, -0.05) is 32.4 Å². The van der Waals surface area contributed by atoms with Crippen molar-refractivity contribution in [2.75, 3.05) is 13.1 Å². The van der Waals surface area contributed by atoms with Crippen LogP contribution in [0, 0.1) is 5.41 Å². The molecule has 0 aromatic carbocycles. The monoisotopic (exact) mass is 233 g/mol. The van der Waals surface area contributed by atoms with Gasteiger partial charge in [-0.05, 0) is 24.8 Å². The molecule has 94 valence electrons. The van der Waals surface area contributed by atoms with Gasteiger partial charge in [0.15, 0.2) is 0 Å². The van der Waals surface area contributed by atoms with Crippen molar-refractivity contribution in [2.45, 2.75) is 40.2 Å². The van der Waals surface area contributed by atoms with Crippen LogP contribution in [0.5, 0.6) is 0 Å². The van der Waals surface area contributed by atoms with Crippen LogP contribution in [0.3, 0.4) is 0 Å². The Morgan fingerprint density at radius 2 is 2.24 bits per heavy atom. The van der Waals surface area contributed by atoms with E-state index in [-0.39, 0.29) is 0 Å². The van der Waals surface area contributed by atoms with Crippen LogP contribution in [0.15, 0.2) is 24.2 Å². The van der Waals surface area contributed by atoms with E-state index in [0.717, 1.165) is 32.5 Å². The summed E-state index contributed by atoms with van der Waals surface area (Å²) < 4.78 is 2.29. The van der Waals surface area contributed by atoms with Crippen molar-refractivity contribution in [3.8, 4) is 0 Å². The molecule has 0 bridgehead atoms. The average Bonchev–Trinajstić information content (AvgIpc) is 2.65. The van der Waals surface area contributed by atoms with Gasteiger partial charge in [-0.3, -0.25) is 0 Å². The second-order valence-electron chi connectivity index (χ2n) is 6.07. The third kappa shape index (κ3) is 3.70. The second kappa shape index (κ2) is 5.05. The summed E-state index contributed by atoms with van der Waals surface area (Å²) in [6.07, 6.45) is 8.52. The van der Waals surface area contributed by atoms with Crippen LogP contribution in [0.2, 0.25) is 0 Å². The standard InChI is InChI=1S/C14H23N3/c1-14(2,3)8-13-9-16-11-17(13)10-12-4-6-15-7-5-12/h4,9,11,15H,5-8,10H2,1-3H3. The summed E-state index contributed by atoms with van der Waals surface area (Å²) in [6, 6.07) is 0. The first-order valence-corrected chi connectivity index (χ1v) is 6.42. The van der Waals surface area contributed by atoms with E-state index in [4.69, 9.17) is 0 Å². The van der Waals surface area contributed by atoms with Gasteiger partial charge in [0.1, 0.15) is 0 Å². The number of hydrogen-bond acceptors (Lipinski definition) is 2. The van der Waals surface area contributed by atoms with Gasteiger partial charge >= 0.3 is 0 Å². The zero-order chi connectivity index (χ0) is 12.3.